The molecule has 2 heterocycles. The van der Waals surface area contributed by atoms with E-state index in [0.717, 1.165) is 17.5 Å². The van der Waals surface area contributed by atoms with Crippen LogP contribution in [0.5, 0.6) is 0 Å². The van der Waals surface area contributed by atoms with Gasteiger partial charge in [-0.2, -0.15) is 0 Å². The summed E-state index contributed by atoms with van der Waals surface area (Å²) < 4.78 is 0. The Bertz CT molecular complexity index is 853. The van der Waals surface area contributed by atoms with E-state index in [2.05, 4.69) is 20.6 Å². The van der Waals surface area contributed by atoms with Gasteiger partial charge in [0, 0.05) is 36.7 Å². The van der Waals surface area contributed by atoms with Crippen molar-refractivity contribution in [3.05, 3.63) is 88.8 Å². The van der Waals surface area contributed by atoms with Gasteiger partial charge in [-0.15, -0.1) is 0 Å². The van der Waals surface area contributed by atoms with E-state index in [1.807, 2.05) is 36.4 Å². The van der Waals surface area contributed by atoms with Crippen molar-refractivity contribution in [3.8, 4) is 0 Å². The molecule has 132 valence electrons. The van der Waals surface area contributed by atoms with E-state index in [-0.39, 0.29) is 5.91 Å². The van der Waals surface area contributed by atoms with Crippen molar-refractivity contribution >= 4 is 23.3 Å². The summed E-state index contributed by atoms with van der Waals surface area (Å²) in [5.41, 5.74) is 2.72. The molecule has 0 spiro atoms. The van der Waals surface area contributed by atoms with Crippen LogP contribution in [-0.4, -0.2) is 22.4 Å². The number of pyridine rings is 2. The molecule has 0 fully saturated rings. The molecule has 1 amide bonds. The number of nitrogens with zero attached hydrogens (tertiary/aromatic N) is 2. The van der Waals surface area contributed by atoms with Gasteiger partial charge < -0.3 is 10.6 Å². The summed E-state index contributed by atoms with van der Waals surface area (Å²) in [6.07, 6.45) is 5.88. The van der Waals surface area contributed by atoms with E-state index < -0.39 is 0 Å². The highest BCUT2D eigenvalue weighted by molar-refractivity contribution is 6.30. The van der Waals surface area contributed by atoms with Crippen molar-refractivity contribution in [2.45, 2.75) is 13.0 Å². The second kappa shape index (κ2) is 8.97. The Morgan fingerprint density at radius 2 is 1.73 bits per heavy atom. The fourth-order valence-corrected chi connectivity index (χ4v) is 2.61. The number of hydrogen-bond acceptors (Lipinski definition) is 4. The van der Waals surface area contributed by atoms with Gasteiger partial charge in [-0.25, -0.2) is 4.98 Å². The van der Waals surface area contributed by atoms with Crippen LogP contribution in [0.4, 0.5) is 5.82 Å². The van der Waals surface area contributed by atoms with Crippen LogP contribution in [-0.2, 0) is 13.0 Å². The predicted molar refractivity (Wildman–Crippen MR) is 103 cm³/mol. The average Bonchev–Trinajstić information content (AvgIpc) is 2.69. The molecular weight excluding hydrogens is 348 g/mol. The normalized spacial score (nSPS) is 10.3. The summed E-state index contributed by atoms with van der Waals surface area (Å²) in [6.45, 7) is 1.11. The standard InChI is InChI=1S/C20H19ClN4O/c21-17-5-3-15(4-6-17)9-13-24-20(26)18-2-1-10-23-19(18)25-14-16-7-11-22-12-8-16/h1-8,10-12H,9,13-14H2,(H,23,25)(H,24,26). The molecule has 26 heavy (non-hydrogen) atoms. The van der Waals surface area contributed by atoms with Crippen LogP contribution in [0, 0.1) is 0 Å². The smallest absolute Gasteiger partial charge is 0.255 e. The number of carbonyl (C=O) groups is 1. The van der Waals surface area contributed by atoms with Gasteiger partial charge in [-0.1, -0.05) is 23.7 Å². The fraction of sp³-hybridized carbons (Fsp3) is 0.150. The molecule has 6 heteroatoms. The van der Waals surface area contributed by atoms with Gasteiger partial charge in [-0.05, 0) is 53.9 Å². The van der Waals surface area contributed by atoms with Gasteiger partial charge in [0.1, 0.15) is 5.82 Å². The fourth-order valence-electron chi connectivity index (χ4n) is 2.48. The van der Waals surface area contributed by atoms with Crippen molar-refractivity contribution < 1.29 is 4.79 Å². The molecule has 0 aliphatic carbocycles. The number of benzene rings is 1. The van der Waals surface area contributed by atoms with Crippen molar-refractivity contribution in [3.63, 3.8) is 0 Å². The minimum atomic E-state index is -0.149. The number of anilines is 1. The van der Waals surface area contributed by atoms with E-state index >= 15 is 0 Å². The zero-order valence-electron chi connectivity index (χ0n) is 14.2. The third kappa shape index (κ3) is 5.04. The van der Waals surface area contributed by atoms with E-state index in [1.165, 1.54) is 0 Å². The van der Waals surface area contributed by atoms with Crippen LogP contribution in [0.2, 0.25) is 5.02 Å². The largest absolute Gasteiger partial charge is 0.365 e. The summed E-state index contributed by atoms with van der Waals surface area (Å²) in [5.74, 6) is 0.414. The zero-order chi connectivity index (χ0) is 18.2. The minimum Gasteiger partial charge on any atom is -0.365 e. The average molecular weight is 367 g/mol. The lowest BCUT2D eigenvalue weighted by atomic mass is 10.1. The molecule has 2 aromatic heterocycles. The third-order valence-corrected chi connectivity index (χ3v) is 4.13. The lowest BCUT2D eigenvalue weighted by Crippen LogP contribution is -2.26. The molecule has 3 aromatic rings. The first kappa shape index (κ1) is 17.9. The maximum Gasteiger partial charge on any atom is 0.255 e. The van der Waals surface area contributed by atoms with Crippen LogP contribution >= 0.6 is 11.6 Å². The highest BCUT2D eigenvalue weighted by Gasteiger charge is 2.11. The van der Waals surface area contributed by atoms with Gasteiger partial charge in [0.15, 0.2) is 0 Å². The molecule has 0 aliphatic heterocycles. The molecular formula is C20H19ClN4O. The first-order valence-corrected chi connectivity index (χ1v) is 8.70. The number of halogens is 1. The van der Waals surface area contributed by atoms with Crippen molar-refractivity contribution in [1.29, 1.82) is 0 Å². The lowest BCUT2D eigenvalue weighted by molar-refractivity contribution is 0.0954. The number of aromatic nitrogens is 2. The molecule has 2 N–H and O–H groups in total. The zero-order valence-corrected chi connectivity index (χ0v) is 14.9. The molecule has 5 nitrogen and oxygen atoms in total. The first-order chi connectivity index (χ1) is 12.7. The summed E-state index contributed by atoms with van der Waals surface area (Å²) in [7, 11) is 0. The van der Waals surface area contributed by atoms with E-state index in [4.69, 9.17) is 11.6 Å². The quantitative estimate of drug-likeness (QED) is 0.668. The second-order valence-corrected chi connectivity index (χ2v) is 6.18. The Morgan fingerprint density at radius 1 is 0.962 bits per heavy atom. The van der Waals surface area contributed by atoms with Gasteiger partial charge >= 0.3 is 0 Å². The highest BCUT2D eigenvalue weighted by Crippen LogP contribution is 2.13. The Kier molecular flexibility index (Phi) is 6.17. The molecule has 0 radical (unpaired) electrons. The molecule has 0 aliphatic rings. The Hall–Kier alpha value is -2.92. The molecule has 0 saturated carbocycles. The molecule has 3 rings (SSSR count). The van der Waals surface area contributed by atoms with Gasteiger partial charge in [0.25, 0.3) is 5.91 Å². The Morgan fingerprint density at radius 3 is 2.50 bits per heavy atom. The number of nitrogens with one attached hydrogen (secondary N) is 2. The molecule has 1 aromatic carbocycles. The summed E-state index contributed by atoms with van der Waals surface area (Å²) in [4.78, 5) is 20.8. The Labute approximate surface area is 157 Å². The Balaban J connectivity index is 1.57. The molecule has 0 unspecified atom stereocenters. The number of rotatable bonds is 7. The summed E-state index contributed by atoms with van der Waals surface area (Å²) in [6, 6.07) is 15.0. The van der Waals surface area contributed by atoms with E-state index in [9.17, 15) is 4.79 Å². The second-order valence-electron chi connectivity index (χ2n) is 5.74. The SMILES string of the molecule is O=C(NCCc1ccc(Cl)cc1)c1cccnc1NCc1ccncc1. The van der Waals surface area contributed by atoms with E-state index in [0.29, 0.717) is 29.5 Å². The lowest BCUT2D eigenvalue weighted by Gasteiger charge is -2.11. The summed E-state index contributed by atoms with van der Waals surface area (Å²) >= 11 is 5.88. The van der Waals surface area contributed by atoms with Crippen LogP contribution < -0.4 is 10.6 Å². The maximum atomic E-state index is 12.5. The van der Waals surface area contributed by atoms with Crippen molar-refractivity contribution in [1.82, 2.24) is 15.3 Å². The minimum absolute atomic E-state index is 0.149. The monoisotopic (exact) mass is 366 g/mol. The first-order valence-electron chi connectivity index (χ1n) is 8.33. The molecule has 0 atom stereocenters. The van der Waals surface area contributed by atoms with Crippen molar-refractivity contribution in [2.24, 2.45) is 0 Å². The van der Waals surface area contributed by atoms with Gasteiger partial charge in [-0.3, -0.25) is 9.78 Å². The molecule has 0 bridgehead atoms. The van der Waals surface area contributed by atoms with Crippen LogP contribution in [0.15, 0.2) is 67.1 Å². The third-order valence-electron chi connectivity index (χ3n) is 3.87. The van der Waals surface area contributed by atoms with Gasteiger partial charge in [0.2, 0.25) is 0 Å². The van der Waals surface area contributed by atoms with E-state index in [1.54, 1.807) is 30.7 Å². The number of amides is 1. The maximum absolute atomic E-state index is 12.5. The van der Waals surface area contributed by atoms with Crippen LogP contribution in [0.3, 0.4) is 0 Å². The number of carbonyl (C=O) groups excluding carboxylic acids is 1. The highest BCUT2D eigenvalue weighted by atomic mass is 35.5. The predicted octanol–water partition coefficient (Wildman–Crippen LogP) is 3.71. The number of hydrogen-bond donors (Lipinski definition) is 2. The summed E-state index contributed by atoms with van der Waals surface area (Å²) in [5, 5.41) is 6.86. The van der Waals surface area contributed by atoms with Crippen LogP contribution in [0.25, 0.3) is 0 Å². The van der Waals surface area contributed by atoms with Crippen molar-refractivity contribution in [2.75, 3.05) is 11.9 Å². The molecule has 0 saturated heterocycles. The topological polar surface area (TPSA) is 66.9 Å². The van der Waals surface area contributed by atoms with Gasteiger partial charge in [0.05, 0.1) is 5.56 Å². The van der Waals surface area contributed by atoms with Crippen LogP contribution in [0.1, 0.15) is 21.5 Å².